The fourth-order valence-electron chi connectivity index (χ4n) is 2.62. The molecule has 0 saturated carbocycles. The molecule has 3 rings (SSSR count). The van der Waals surface area contributed by atoms with Crippen LogP contribution in [-0.2, 0) is 6.54 Å². The highest BCUT2D eigenvalue weighted by molar-refractivity contribution is 14.0. The highest BCUT2D eigenvalue weighted by atomic mass is 127. The van der Waals surface area contributed by atoms with Gasteiger partial charge >= 0.3 is 0 Å². The molecule has 2 N–H and O–H groups in total. The predicted octanol–water partition coefficient (Wildman–Crippen LogP) is 4.12. The van der Waals surface area contributed by atoms with Crippen LogP contribution >= 0.6 is 35.7 Å². The summed E-state index contributed by atoms with van der Waals surface area (Å²) < 4.78 is 1.74. The van der Waals surface area contributed by atoms with Gasteiger partial charge in [-0.25, -0.2) is 14.7 Å². The number of guanidine groups is 1. The molecule has 0 aliphatic carbocycles. The maximum Gasteiger partial charge on any atom is 0.191 e. The lowest BCUT2D eigenvalue weighted by molar-refractivity contribution is 0.794. The Morgan fingerprint density at radius 2 is 1.86 bits per heavy atom. The largest absolute Gasteiger partial charge is 0.357 e. The summed E-state index contributed by atoms with van der Waals surface area (Å²) in [5.74, 6) is 0.836. The zero-order chi connectivity index (χ0) is 19.6. The standard InChI is InChI=1S/C21H26N6S.HI/c1-3-23-21(24-13-17(2)28-20-7-5-4-6-8-20)25-14-18-9-11-19(12-10-18)27-16-22-15-26-27;/h4-12,15-17H,3,13-14H2,1-2H3,(H2,23,24,25);1H. The Hall–Kier alpha value is -2.07. The van der Waals surface area contributed by atoms with E-state index in [1.54, 1.807) is 11.0 Å². The average molecular weight is 522 g/mol. The number of thioether (sulfide) groups is 1. The second kappa shape index (κ2) is 12.5. The van der Waals surface area contributed by atoms with Gasteiger partial charge in [0.05, 0.1) is 12.2 Å². The first-order valence-electron chi connectivity index (χ1n) is 9.42. The number of nitrogens with zero attached hydrogens (tertiary/aromatic N) is 4. The quantitative estimate of drug-likeness (QED) is 0.202. The van der Waals surface area contributed by atoms with E-state index in [1.807, 2.05) is 30.0 Å². The molecule has 8 heteroatoms. The molecule has 2 aromatic carbocycles. The van der Waals surface area contributed by atoms with Gasteiger partial charge < -0.3 is 10.6 Å². The predicted molar refractivity (Wildman–Crippen MR) is 131 cm³/mol. The second-order valence-electron chi connectivity index (χ2n) is 6.32. The van der Waals surface area contributed by atoms with Gasteiger partial charge in [-0.2, -0.15) is 5.10 Å². The van der Waals surface area contributed by atoms with E-state index in [0.717, 1.165) is 30.3 Å². The number of nitrogens with one attached hydrogen (secondary N) is 2. The van der Waals surface area contributed by atoms with Gasteiger partial charge in [-0.1, -0.05) is 37.3 Å². The first-order chi connectivity index (χ1) is 13.7. The van der Waals surface area contributed by atoms with Crippen molar-refractivity contribution in [3.63, 3.8) is 0 Å². The Kier molecular flexibility index (Phi) is 9.99. The Labute approximate surface area is 193 Å². The number of aliphatic imine (C=N–C) groups is 1. The number of hydrogen-bond donors (Lipinski definition) is 2. The first kappa shape index (κ1) is 23.2. The van der Waals surface area contributed by atoms with Crippen molar-refractivity contribution in [1.29, 1.82) is 0 Å². The average Bonchev–Trinajstić information content (AvgIpc) is 3.26. The summed E-state index contributed by atoms with van der Waals surface area (Å²) >= 11 is 1.86. The van der Waals surface area contributed by atoms with Crippen molar-refractivity contribution in [3.05, 3.63) is 72.8 Å². The first-order valence-corrected chi connectivity index (χ1v) is 10.3. The summed E-state index contributed by atoms with van der Waals surface area (Å²) in [4.78, 5) is 9.96. The molecule has 3 aromatic rings. The minimum Gasteiger partial charge on any atom is -0.357 e. The maximum absolute atomic E-state index is 4.71. The van der Waals surface area contributed by atoms with Crippen LogP contribution in [0.3, 0.4) is 0 Å². The number of aromatic nitrogens is 3. The van der Waals surface area contributed by atoms with Crippen LogP contribution in [0.1, 0.15) is 19.4 Å². The maximum atomic E-state index is 4.71. The molecular weight excluding hydrogens is 495 g/mol. The smallest absolute Gasteiger partial charge is 0.191 e. The van der Waals surface area contributed by atoms with E-state index in [2.05, 4.69) is 71.0 Å². The highest BCUT2D eigenvalue weighted by Crippen LogP contribution is 2.21. The van der Waals surface area contributed by atoms with E-state index in [9.17, 15) is 0 Å². The van der Waals surface area contributed by atoms with Crippen LogP contribution in [0.15, 0.2) is 77.1 Å². The van der Waals surface area contributed by atoms with Crippen molar-refractivity contribution in [2.75, 3.05) is 13.1 Å². The van der Waals surface area contributed by atoms with Crippen molar-refractivity contribution in [2.24, 2.45) is 4.99 Å². The molecule has 154 valence electrons. The topological polar surface area (TPSA) is 67.1 Å². The van der Waals surface area contributed by atoms with E-state index in [-0.39, 0.29) is 24.0 Å². The lowest BCUT2D eigenvalue weighted by Gasteiger charge is -2.15. The normalized spacial score (nSPS) is 12.1. The molecule has 0 spiro atoms. The molecule has 1 unspecified atom stereocenters. The van der Waals surface area contributed by atoms with Gasteiger partial charge in [0.2, 0.25) is 0 Å². The van der Waals surface area contributed by atoms with Gasteiger partial charge in [-0.15, -0.1) is 35.7 Å². The third-order valence-electron chi connectivity index (χ3n) is 4.02. The molecule has 0 radical (unpaired) electrons. The fourth-order valence-corrected chi connectivity index (χ4v) is 3.57. The fraction of sp³-hybridized carbons (Fsp3) is 0.286. The van der Waals surface area contributed by atoms with E-state index >= 15 is 0 Å². The van der Waals surface area contributed by atoms with Crippen LogP contribution in [0.4, 0.5) is 0 Å². The molecule has 0 bridgehead atoms. The molecule has 1 heterocycles. The van der Waals surface area contributed by atoms with Crippen LogP contribution in [0.25, 0.3) is 5.69 Å². The Morgan fingerprint density at radius 1 is 1.10 bits per heavy atom. The van der Waals surface area contributed by atoms with Crippen LogP contribution in [-0.4, -0.2) is 39.1 Å². The Morgan fingerprint density at radius 3 is 2.52 bits per heavy atom. The van der Waals surface area contributed by atoms with Gasteiger partial charge in [0.15, 0.2) is 5.96 Å². The van der Waals surface area contributed by atoms with Crippen LogP contribution < -0.4 is 10.6 Å². The molecular formula is C21H27IN6S. The number of halogens is 1. The van der Waals surface area contributed by atoms with Crippen molar-refractivity contribution in [3.8, 4) is 5.69 Å². The van der Waals surface area contributed by atoms with Gasteiger partial charge in [0, 0.05) is 23.2 Å². The van der Waals surface area contributed by atoms with E-state index in [1.165, 1.54) is 11.2 Å². The zero-order valence-electron chi connectivity index (χ0n) is 16.7. The molecule has 0 amide bonds. The summed E-state index contributed by atoms with van der Waals surface area (Å²) in [6, 6.07) is 18.7. The summed E-state index contributed by atoms with van der Waals surface area (Å²) in [6.45, 7) is 6.59. The van der Waals surface area contributed by atoms with E-state index < -0.39 is 0 Å². The van der Waals surface area contributed by atoms with Gasteiger partial charge in [-0.3, -0.25) is 0 Å². The minimum absolute atomic E-state index is 0. The van der Waals surface area contributed by atoms with Crippen molar-refractivity contribution < 1.29 is 0 Å². The molecule has 6 nitrogen and oxygen atoms in total. The minimum atomic E-state index is 0. The van der Waals surface area contributed by atoms with E-state index in [0.29, 0.717) is 11.8 Å². The number of hydrogen-bond acceptors (Lipinski definition) is 4. The third kappa shape index (κ3) is 7.69. The van der Waals surface area contributed by atoms with Crippen LogP contribution in [0.2, 0.25) is 0 Å². The second-order valence-corrected chi connectivity index (χ2v) is 7.84. The molecule has 1 atom stereocenters. The van der Waals surface area contributed by atoms with Crippen molar-refractivity contribution in [1.82, 2.24) is 25.4 Å². The van der Waals surface area contributed by atoms with Gasteiger partial charge in [0.25, 0.3) is 0 Å². The van der Waals surface area contributed by atoms with Crippen molar-refractivity contribution in [2.45, 2.75) is 30.5 Å². The Balaban J connectivity index is 0.00000300. The molecule has 0 aliphatic heterocycles. The Bertz CT molecular complexity index is 853. The monoisotopic (exact) mass is 522 g/mol. The molecule has 29 heavy (non-hydrogen) atoms. The third-order valence-corrected chi connectivity index (χ3v) is 5.13. The molecule has 0 saturated heterocycles. The summed E-state index contributed by atoms with van der Waals surface area (Å²) in [7, 11) is 0. The molecule has 0 fully saturated rings. The lowest BCUT2D eigenvalue weighted by atomic mass is 10.2. The zero-order valence-corrected chi connectivity index (χ0v) is 19.8. The van der Waals surface area contributed by atoms with Crippen molar-refractivity contribution >= 4 is 41.7 Å². The lowest BCUT2D eigenvalue weighted by Crippen LogP contribution is -2.40. The molecule has 0 aliphatic rings. The summed E-state index contributed by atoms with van der Waals surface area (Å²) in [6.07, 6.45) is 3.22. The van der Waals surface area contributed by atoms with Crippen LogP contribution in [0, 0.1) is 0 Å². The summed E-state index contributed by atoms with van der Waals surface area (Å²) in [5.41, 5.74) is 2.13. The SMILES string of the molecule is CCNC(=NCc1ccc(-n2cncn2)cc1)NCC(C)Sc1ccccc1.I. The number of rotatable bonds is 8. The summed E-state index contributed by atoms with van der Waals surface area (Å²) in [5, 5.41) is 11.3. The van der Waals surface area contributed by atoms with Gasteiger partial charge in [0.1, 0.15) is 12.7 Å². The highest BCUT2D eigenvalue weighted by Gasteiger charge is 2.06. The van der Waals surface area contributed by atoms with Gasteiger partial charge in [-0.05, 0) is 36.8 Å². The molecule has 1 aromatic heterocycles. The number of benzene rings is 2. The van der Waals surface area contributed by atoms with E-state index in [4.69, 9.17) is 4.99 Å². The van der Waals surface area contributed by atoms with Crippen LogP contribution in [0.5, 0.6) is 0 Å².